The highest BCUT2D eigenvalue weighted by atomic mass is 32.1. The molecule has 11 aromatic rings. The van der Waals surface area contributed by atoms with E-state index in [0.29, 0.717) is 66.5 Å². The van der Waals surface area contributed by atoms with Crippen molar-refractivity contribution in [3.8, 4) is 68.1 Å². The standard InChI is InChI=1S/C90H106S2Si4/c1-55(2)93(56(3)4,57(5)6)40-34-77-81-47-71-30-28-69(45-75(71)51-85(81)79(36-42-95(61(13)14,62(15)16)63(17)18)87-53-89-73(32-38-91-89)49-83(77)87)67-26-25-27-68(44-67)70-29-31-72-48-82-78(35-41-94(58(7)8,59(9)10)60(11)12)84-50-74-33-39-92-90(74)54-88(84)80(86(82)52-76(72)46-70)37-43-96(64(19)20,65(21)22)66(23)24/h25-33,38-39,44-66H,1-24H3. The minimum absolute atomic E-state index is 0.513. The molecule has 0 amide bonds. The van der Waals surface area contributed by atoms with Gasteiger partial charge in [0.05, 0.1) is 0 Å². The molecule has 0 radical (unpaired) electrons. The van der Waals surface area contributed by atoms with Gasteiger partial charge in [-0.2, -0.15) is 0 Å². The van der Waals surface area contributed by atoms with E-state index in [-0.39, 0.29) is 0 Å². The second kappa shape index (κ2) is 27.4. The normalized spacial score (nSPS) is 13.0. The van der Waals surface area contributed by atoms with Gasteiger partial charge >= 0.3 is 0 Å². The molecule has 0 N–H and O–H groups in total. The van der Waals surface area contributed by atoms with Crippen LogP contribution in [-0.4, -0.2) is 32.3 Å². The third-order valence-corrected chi connectivity index (χ3v) is 50.8. The van der Waals surface area contributed by atoms with E-state index < -0.39 is 32.3 Å². The SMILES string of the molecule is CC(C)[Si](C#Cc1c2cc3ccc(-c4cccc(-c5ccc6cc7c(C#C[Si](C(C)C)(C(C)C)C(C)C)c8cc9ccsc9cc8c(C#C[Si](C(C)C)(C(C)C)C(C)C)c7cc6c5)c4)cc3cc2c(C#C[Si](C(C)C)(C(C)C)C(C)C)c2cc3sccc3cc12)(C(C)C)C(C)C. The monoisotopic (exact) mass is 1360 g/mol. The zero-order valence-corrected chi connectivity index (χ0v) is 68.1. The van der Waals surface area contributed by atoms with Gasteiger partial charge in [-0.15, -0.1) is 44.8 Å². The summed E-state index contributed by atoms with van der Waals surface area (Å²) in [6, 6.07) is 47.7. The average Bonchev–Trinajstić information content (AvgIpc) is 0.984. The molecule has 0 saturated carbocycles. The Morgan fingerprint density at radius 1 is 0.229 bits per heavy atom. The third kappa shape index (κ3) is 12.0. The van der Waals surface area contributed by atoms with Crippen LogP contribution in [0.1, 0.15) is 188 Å². The lowest BCUT2D eigenvalue weighted by Crippen LogP contribution is -2.43. The van der Waals surface area contributed by atoms with Crippen LogP contribution in [0.2, 0.25) is 66.5 Å². The highest BCUT2D eigenvalue weighted by Gasteiger charge is 2.45. The largest absolute Gasteiger partial charge is 0.146 e. The second-order valence-corrected chi connectivity index (χ2v) is 56.5. The van der Waals surface area contributed by atoms with Gasteiger partial charge < -0.3 is 0 Å². The first-order valence-corrected chi connectivity index (χ1v) is 47.0. The van der Waals surface area contributed by atoms with Gasteiger partial charge in [-0.1, -0.05) is 232 Å². The minimum atomic E-state index is -2.13. The molecule has 0 aliphatic rings. The Morgan fingerprint density at radius 3 is 0.719 bits per heavy atom. The summed E-state index contributed by atoms with van der Waals surface area (Å²) in [5.74, 6) is 16.4. The molecule has 0 unspecified atom stereocenters. The van der Waals surface area contributed by atoms with E-state index in [2.05, 4.69) is 344 Å². The van der Waals surface area contributed by atoms with Crippen molar-refractivity contribution >= 4 is 140 Å². The molecule has 2 aromatic heterocycles. The number of hydrogen-bond donors (Lipinski definition) is 0. The molecule has 0 bridgehead atoms. The van der Waals surface area contributed by atoms with Crippen LogP contribution in [0.15, 0.2) is 132 Å². The van der Waals surface area contributed by atoms with Crippen molar-refractivity contribution in [2.24, 2.45) is 0 Å². The Morgan fingerprint density at radius 2 is 0.458 bits per heavy atom. The lowest BCUT2D eigenvalue weighted by molar-refractivity contribution is 0.838. The average molecular weight is 1360 g/mol. The number of fused-ring (bicyclic) bond motifs is 8. The Hall–Kier alpha value is -6.43. The number of rotatable bonds is 14. The van der Waals surface area contributed by atoms with Crippen LogP contribution in [-0.2, 0) is 0 Å². The van der Waals surface area contributed by atoms with Crippen LogP contribution >= 0.6 is 22.7 Å². The molecule has 494 valence electrons. The summed E-state index contributed by atoms with van der Waals surface area (Å²) in [4.78, 5) is 0. The Balaban J connectivity index is 1.13. The summed E-state index contributed by atoms with van der Waals surface area (Å²) in [7, 11) is -8.50. The van der Waals surface area contributed by atoms with Crippen molar-refractivity contribution in [1.29, 1.82) is 0 Å². The van der Waals surface area contributed by atoms with Gasteiger partial charge in [0.25, 0.3) is 0 Å². The molecule has 0 nitrogen and oxygen atoms in total. The number of hydrogen-bond acceptors (Lipinski definition) is 2. The van der Waals surface area contributed by atoms with Crippen molar-refractivity contribution < 1.29 is 0 Å². The fourth-order valence-corrected chi connectivity index (χ4v) is 41.5. The van der Waals surface area contributed by atoms with E-state index in [1.807, 2.05) is 22.7 Å². The van der Waals surface area contributed by atoms with Crippen LogP contribution in [0.4, 0.5) is 0 Å². The predicted molar refractivity (Wildman–Crippen MR) is 445 cm³/mol. The summed E-state index contributed by atoms with van der Waals surface area (Å²) < 4.78 is 2.59. The summed E-state index contributed by atoms with van der Waals surface area (Å²) in [5.41, 5.74) is 32.5. The molecule has 96 heavy (non-hydrogen) atoms. The lowest BCUT2D eigenvalue weighted by atomic mass is 9.89. The van der Waals surface area contributed by atoms with Crippen molar-refractivity contribution in [2.75, 3.05) is 0 Å². The predicted octanol–water partition coefficient (Wildman–Crippen LogP) is 28.6. The first-order chi connectivity index (χ1) is 45.4. The van der Waals surface area contributed by atoms with Crippen molar-refractivity contribution in [3.05, 3.63) is 154 Å². The maximum Gasteiger partial charge on any atom is 0.146 e. The number of thiophene rings is 2. The zero-order valence-electron chi connectivity index (χ0n) is 62.4. The molecule has 0 spiro atoms. The fourth-order valence-electron chi connectivity index (χ4n) is 19.0. The van der Waals surface area contributed by atoms with Crippen molar-refractivity contribution in [2.45, 2.75) is 233 Å². The maximum atomic E-state index is 4.23. The molecular formula is C90H106S2Si4. The molecule has 0 fully saturated rings. The van der Waals surface area contributed by atoms with Gasteiger partial charge in [0.2, 0.25) is 0 Å². The zero-order chi connectivity index (χ0) is 69.4. The van der Waals surface area contributed by atoms with Gasteiger partial charge in [-0.3, -0.25) is 0 Å². The van der Waals surface area contributed by atoms with Gasteiger partial charge in [0.15, 0.2) is 0 Å². The molecule has 0 saturated heterocycles. The Bertz CT molecular complexity index is 4700. The first-order valence-electron chi connectivity index (χ1n) is 36.4. The molecule has 0 atom stereocenters. The van der Waals surface area contributed by atoms with E-state index in [9.17, 15) is 0 Å². The molecular weight excluding hydrogens is 1260 g/mol. The summed E-state index contributed by atoms with van der Waals surface area (Å²) in [6.07, 6.45) is 0. The van der Waals surface area contributed by atoms with Gasteiger partial charge in [-0.25, -0.2) is 0 Å². The van der Waals surface area contributed by atoms with E-state index in [1.165, 1.54) is 107 Å². The van der Waals surface area contributed by atoms with Crippen molar-refractivity contribution in [3.63, 3.8) is 0 Å². The molecule has 6 heteroatoms. The van der Waals surface area contributed by atoms with Gasteiger partial charge in [-0.05, 0) is 243 Å². The molecule has 11 rings (SSSR count). The van der Waals surface area contributed by atoms with E-state index in [0.717, 1.165) is 22.3 Å². The molecule has 2 heterocycles. The molecule has 0 aliphatic heterocycles. The van der Waals surface area contributed by atoms with Crippen LogP contribution < -0.4 is 0 Å². The van der Waals surface area contributed by atoms with Crippen LogP contribution in [0, 0.1) is 45.9 Å². The quantitative estimate of drug-likeness (QED) is 0.0578. The minimum Gasteiger partial charge on any atom is -0.144 e. The van der Waals surface area contributed by atoms with Gasteiger partial charge in [0, 0.05) is 42.4 Å². The van der Waals surface area contributed by atoms with E-state index in [4.69, 9.17) is 0 Å². The molecule has 0 aliphatic carbocycles. The topological polar surface area (TPSA) is 0 Å². The smallest absolute Gasteiger partial charge is 0.144 e. The highest BCUT2D eigenvalue weighted by molar-refractivity contribution is 7.17. The summed E-state index contributed by atoms with van der Waals surface area (Å²) >= 11 is 3.65. The maximum absolute atomic E-state index is 4.23. The third-order valence-electron chi connectivity index (χ3n) is 23.9. The molecule has 9 aromatic carbocycles. The number of benzene rings is 9. The van der Waals surface area contributed by atoms with Crippen LogP contribution in [0.25, 0.3) is 107 Å². The van der Waals surface area contributed by atoms with Crippen LogP contribution in [0.5, 0.6) is 0 Å². The lowest BCUT2D eigenvalue weighted by Gasteiger charge is -2.38. The second-order valence-electron chi connectivity index (χ2n) is 32.3. The van der Waals surface area contributed by atoms with E-state index in [1.54, 1.807) is 0 Å². The van der Waals surface area contributed by atoms with Crippen LogP contribution in [0.3, 0.4) is 0 Å². The van der Waals surface area contributed by atoms with Crippen molar-refractivity contribution in [1.82, 2.24) is 0 Å². The fraction of sp³-hybridized carbons (Fsp3) is 0.400. The Kier molecular flexibility index (Phi) is 20.2. The Labute approximate surface area is 590 Å². The summed E-state index contributed by atoms with van der Waals surface area (Å²) in [6.45, 7) is 58.4. The van der Waals surface area contributed by atoms with E-state index >= 15 is 0 Å². The first kappa shape index (κ1) is 70.9. The van der Waals surface area contributed by atoms with Gasteiger partial charge in [0.1, 0.15) is 32.3 Å². The highest BCUT2D eigenvalue weighted by Crippen LogP contribution is 2.48. The summed E-state index contributed by atoms with van der Waals surface area (Å²) in [5, 5.41) is 21.7.